The summed E-state index contributed by atoms with van der Waals surface area (Å²) in [5, 5.41) is 3.78. The van der Waals surface area contributed by atoms with Crippen molar-refractivity contribution in [1.29, 1.82) is 0 Å². The smallest absolute Gasteiger partial charge is 0.0401 e. The van der Waals surface area contributed by atoms with Gasteiger partial charge in [-0.2, -0.15) is 0 Å². The minimum absolute atomic E-state index is 0.658. The molecule has 2 heteroatoms. The highest BCUT2D eigenvalue weighted by Gasteiger charge is 2.30. The Hall–Kier alpha value is -1.02. The zero-order valence-electron chi connectivity index (χ0n) is 13.6. The first-order chi connectivity index (χ1) is 10.3. The van der Waals surface area contributed by atoms with Crippen LogP contribution in [0.2, 0.25) is 0 Å². The summed E-state index contributed by atoms with van der Waals surface area (Å²) in [6.45, 7) is 6.91. The zero-order chi connectivity index (χ0) is 14.7. The van der Waals surface area contributed by atoms with E-state index in [1.54, 1.807) is 0 Å². The second-order valence-electron chi connectivity index (χ2n) is 6.88. The molecule has 2 unspecified atom stereocenters. The van der Waals surface area contributed by atoms with Crippen LogP contribution in [0.3, 0.4) is 0 Å². The summed E-state index contributed by atoms with van der Waals surface area (Å²) in [6.07, 6.45) is 8.23. The van der Waals surface area contributed by atoms with Gasteiger partial charge in [0.1, 0.15) is 0 Å². The molecule has 2 aliphatic rings. The molecule has 1 aromatic carbocycles. The topological polar surface area (TPSA) is 15.3 Å². The predicted molar refractivity (Wildman–Crippen MR) is 91.0 cm³/mol. The van der Waals surface area contributed by atoms with E-state index in [1.165, 1.54) is 56.3 Å². The third-order valence-electron chi connectivity index (χ3n) is 5.49. The minimum Gasteiger partial charge on any atom is -0.367 e. The highest BCUT2D eigenvalue weighted by atomic mass is 15.2. The standard InChI is InChI=1S/C19H30N2/c1-3-20-18(16-8-4-5-9-16)14-21-15(2)12-13-17-10-6-7-11-19(17)21/h6-7,10-11,15-16,18,20H,3-5,8-9,12-14H2,1-2H3. The molecule has 0 saturated heterocycles. The molecule has 1 fully saturated rings. The average Bonchev–Trinajstić information content (AvgIpc) is 3.03. The first-order valence-electron chi connectivity index (χ1n) is 8.87. The van der Waals surface area contributed by atoms with E-state index in [-0.39, 0.29) is 0 Å². The summed E-state index contributed by atoms with van der Waals surface area (Å²) < 4.78 is 0. The number of hydrogen-bond donors (Lipinski definition) is 1. The SMILES string of the molecule is CCNC(CN1c2ccccc2CCC1C)C1CCCC1. The second kappa shape index (κ2) is 6.83. The van der Waals surface area contributed by atoms with Gasteiger partial charge in [-0.05, 0) is 56.7 Å². The van der Waals surface area contributed by atoms with Crippen molar-refractivity contribution in [2.24, 2.45) is 5.92 Å². The Balaban J connectivity index is 1.77. The molecule has 2 atom stereocenters. The summed E-state index contributed by atoms with van der Waals surface area (Å²) in [7, 11) is 0. The molecule has 0 amide bonds. The number of nitrogens with one attached hydrogen (secondary N) is 1. The molecule has 0 spiro atoms. The van der Waals surface area contributed by atoms with Gasteiger partial charge in [0.05, 0.1) is 0 Å². The lowest BCUT2D eigenvalue weighted by Crippen LogP contribution is -2.49. The van der Waals surface area contributed by atoms with E-state index in [0.717, 1.165) is 12.5 Å². The highest BCUT2D eigenvalue weighted by Crippen LogP contribution is 2.33. The first kappa shape index (κ1) is 14.9. The molecule has 1 aromatic rings. The molecule has 1 heterocycles. The fourth-order valence-electron chi connectivity index (χ4n) is 4.25. The normalized spacial score (nSPS) is 24.1. The van der Waals surface area contributed by atoms with Gasteiger partial charge in [-0.15, -0.1) is 0 Å². The van der Waals surface area contributed by atoms with Crippen LogP contribution in [0.25, 0.3) is 0 Å². The average molecular weight is 286 g/mol. The number of benzene rings is 1. The van der Waals surface area contributed by atoms with Crippen molar-refractivity contribution >= 4 is 5.69 Å². The third-order valence-corrected chi connectivity index (χ3v) is 5.49. The quantitative estimate of drug-likeness (QED) is 0.880. The van der Waals surface area contributed by atoms with Gasteiger partial charge >= 0.3 is 0 Å². The van der Waals surface area contributed by atoms with Crippen molar-refractivity contribution in [3.63, 3.8) is 0 Å². The van der Waals surface area contributed by atoms with Crippen LogP contribution in [0.5, 0.6) is 0 Å². The van der Waals surface area contributed by atoms with E-state index in [4.69, 9.17) is 0 Å². The molecule has 0 radical (unpaired) electrons. The van der Waals surface area contributed by atoms with Gasteiger partial charge in [0.25, 0.3) is 0 Å². The van der Waals surface area contributed by atoms with E-state index in [9.17, 15) is 0 Å². The molecule has 0 bridgehead atoms. The van der Waals surface area contributed by atoms with Gasteiger partial charge in [-0.3, -0.25) is 0 Å². The number of hydrogen-bond acceptors (Lipinski definition) is 2. The van der Waals surface area contributed by atoms with Crippen molar-refractivity contribution in [1.82, 2.24) is 5.32 Å². The Morgan fingerprint density at radius 1 is 1.19 bits per heavy atom. The maximum Gasteiger partial charge on any atom is 0.0401 e. The van der Waals surface area contributed by atoms with E-state index >= 15 is 0 Å². The number of rotatable bonds is 5. The van der Waals surface area contributed by atoms with E-state index in [0.29, 0.717) is 12.1 Å². The van der Waals surface area contributed by atoms with Crippen molar-refractivity contribution in [2.45, 2.75) is 64.5 Å². The summed E-state index contributed by atoms with van der Waals surface area (Å²) in [5.41, 5.74) is 3.02. The molecule has 2 nitrogen and oxygen atoms in total. The van der Waals surface area contributed by atoms with Crippen molar-refractivity contribution in [3.05, 3.63) is 29.8 Å². The van der Waals surface area contributed by atoms with Crippen molar-refractivity contribution in [3.8, 4) is 0 Å². The van der Waals surface area contributed by atoms with Crippen LogP contribution >= 0.6 is 0 Å². The summed E-state index contributed by atoms with van der Waals surface area (Å²) >= 11 is 0. The molecule has 1 saturated carbocycles. The number of nitrogens with zero attached hydrogens (tertiary/aromatic N) is 1. The van der Waals surface area contributed by atoms with Gasteiger partial charge in [0, 0.05) is 24.3 Å². The molecular weight excluding hydrogens is 256 g/mol. The van der Waals surface area contributed by atoms with Gasteiger partial charge in [0.2, 0.25) is 0 Å². The Morgan fingerprint density at radius 2 is 1.95 bits per heavy atom. The van der Waals surface area contributed by atoms with Gasteiger partial charge in [-0.1, -0.05) is 38.0 Å². The van der Waals surface area contributed by atoms with Crippen LogP contribution in [0.15, 0.2) is 24.3 Å². The fourth-order valence-corrected chi connectivity index (χ4v) is 4.25. The first-order valence-corrected chi connectivity index (χ1v) is 8.87. The number of aryl methyl sites for hydroxylation is 1. The van der Waals surface area contributed by atoms with Crippen LogP contribution in [0.4, 0.5) is 5.69 Å². The second-order valence-corrected chi connectivity index (χ2v) is 6.88. The van der Waals surface area contributed by atoms with Crippen LogP contribution < -0.4 is 10.2 Å². The lowest BCUT2D eigenvalue weighted by Gasteiger charge is -2.40. The zero-order valence-corrected chi connectivity index (χ0v) is 13.6. The molecule has 3 rings (SSSR count). The maximum absolute atomic E-state index is 3.78. The number of fused-ring (bicyclic) bond motifs is 1. The third kappa shape index (κ3) is 3.26. The van der Waals surface area contributed by atoms with E-state index in [2.05, 4.69) is 48.3 Å². The van der Waals surface area contributed by atoms with E-state index < -0.39 is 0 Å². The fraction of sp³-hybridized carbons (Fsp3) is 0.684. The number of para-hydroxylation sites is 1. The molecule has 21 heavy (non-hydrogen) atoms. The molecule has 116 valence electrons. The summed E-state index contributed by atoms with van der Waals surface area (Å²) in [6, 6.07) is 10.3. The molecule has 1 aliphatic carbocycles. The van der Waals surface area contributed by atoms with E-state index in [1.807, 2.05) is 0 Å². The molecule has 0 aromatic heterocycles. The molecule has 1 aliphatic heterocycles. The Morgan fingerprint density at radius 3 is 2.71 bits per heavy atom. The Kier molecular flexibility index (Phi) is 4.84. The maximum atomic E-state index is 3.78. The molecule has 1 N–H and O–H groups in total. The van der Waals surface area contributed by atoms with Crippen LogP contribution in [-0.2, 0) is 6.42 Å². The van der Waals surface area contributed by atoms with Crippen molar-refractivity contribution < 1.29 is 0 Å². The molecular formula is C19H30N2. The van der Waals surface area contributed by atoms with Crippen LogP contribution in [-0.4, -0.2) is 25.2 Å². The minimum atomic E-state index is 0.658. The van der Waals surface area contributed by atoms with Crippen molar-refractivity contribution in [2.75, 3.05) is 18.0 Å². The predicted octanol–water partition coefficient (Wildman–Crippen LogP) is 4.00. The van der Waals surface area contributed by atoms with Gasteiger partial charge < -0.3 is 10.2 Å². The monoisotopic (exact) mass is 286 g/mol. The Bertz CT molecular complexity index is 451. The Labute approximate surface area is 129 Å². The lowest BCUT2D eigenvalue weighted by atomic mass is 9.92. The van der Waals surface area contributed by atoms with Crippen LogP contribution in [0.1, 0.15) is 51.5 Å². The summed E-state index contributed by atoms with van der Waals surface area (Å²) in [4.78, 5) is 2.67. The number of likely N-dealkylation sites (N-methyl/N-ethyl adjacent to an activating group) is 1. The number of anilines is 1. The highest BCUT2D eigenvalue weighted by molar-refractivity contribution is 5.56. The van der Waals surface area contributed by atoms with Gasteiger partial charge in [0.15, 0.2) is 0 Å². The lowest BCUT2D eigenvalue weighted by molar-refractivity contribution is 0.352. The van der Waals surface area contributed by atoms with Gasteiger partial charge in [-0.25, -0.2) is 0 Å². The van der Waals surface area contributed by atoms with Crippen LogP contribution in [0, 0.1) is 5.92 Å². The summed E-state index contributed by atoms with van der Waals surface area (Å²) in [5.74, 6) is 0.881. The largest absolute Gasteiger partial charge is 0.367 e.